The van der Waals surface area contributed by atoms with E-state index in [1.165, 1.54) is 6.20 Å². The van der Waals surface area contributed by atoms with E-state index in [9.17, 15) is 9.90 Å². The number of nitrogen functional groups attached to an aromatic ring is 1. The molecule has 2 rings (SSSR count). The first-order chi connectivity index (χ1) is 8.56. The molecule has 0 aliphatic heterocycles. The zero-order valence-corrected chi connectivity index (χ0v) is 11.5. The summed E-state index contributed by atoms with van der Waals surface area (Å²) in [4.78, 5) is 15.9. The molecular formula is C12H16BrN3O2. The summed E-state index contributed by atoms with van der Waals surface area (Å²) in [5.41, 5.74) is 6.04. The maximum Gasteiger partial charge on any atom is 0.252 e. The van der Waals surface area contributed by atoms with E-state index in [4.69, 9.17) is 5.73 Å². The number of carbonyl (C=O) groups excluding carboxylic acids is 1. The summed E-state index contributed by atoms with van der Waals surface area (Å²) in [5.74, 6) is 0.513. The van der Waals surface area contributed by atoms with Crippen molar-refractivity contribution in [2.24, 2.45) is 5.92 Å². The van der Waals surface area contributed by atoms with Crippen molar-refractivity contribution in [3.8, 4) is 0 Å². The fraction of sp³-hybridized carbons (Fsp3) is 0.500. The third kappa shape index (κ3) is 3.20. The van der Waals surface area contributed by atoms with Gasteiger partial charge in [0.1, 0.15) is 5.82 Å². The molecule has 1 aromatic rings. The molecule has 1 heterocycles. The average Bonchev–Trinajstić information content (AvgIpc) is 2.75. The molecule has 0 spiro atoms. The van der Waals surface area contributed by atoms with Crippen LogP contribution >= 0.6 is 15.9 Å². The van der Waals surface area contributed by atoms with Crippen LogP contribution in [0.25, 0.3) is 0 Å². The van der Waals surface area contributed by atoms with Crippen molar-refractivity contribution < 1.29 is 9.90 Å². The van der Waals surface area contributed by atoms with E-state index < -0.39 is 0 Å². The highest BCUT2D eigenvalue weighted by Gasteiger charge is 2.23. The van der Waals surface area contributed by atoms with Gasteiger partial charge in [-0.1, -0.05) is 0 Å². The van der Waals surface area contributed by atoms with Gasteiger partial charge in [0.05, 0.1) is 11.7 Å². The van der Waals surface area contributed by atoms with E-state index in [1.807, 2.05) is 0 Å². The molecule has 4 N–H and O–H groups in total. The van der Waals surface area contributed by atoms with Crippen LogP contribution in [0.1, 0.15) is 29.6 Å². The minimum Gasteiger partial charge on any atom is -0.393 e. The van der Waals surface area contributed by atoms with Gasteiger partial charge in [0.15, 0.2) is 0 Å². The van der Waals surface area contributed by atoms with Crippen LogP contribution in [-0.2, 0) is 0 Å². The number of carbonyl (C=O) groups is 1. The van der Waals surface area contributed by atoms with E-state index in [0.29, 0.717) is 28.3 Å². The Labute approximate surface area is 114 Å². The third-order valence-electron chi connectivity index (χ3n) is 3.19. The highest BCUT2D eigenvalue weighted by Crippen LogP contribution is 2.25. The summed E-state index contributed by atoms with van der Waals surface area (Å²) in [5, 5.41) is 12.3. The molecule has 98 valence electrons. The topological polar surface area (TPSA) is 88.2 Å². The zero-order valence-electron chi connectivity index (χ0n) is 9.90. The normalized spacial score (nSPS) is 23.0. The van der Waals surface area contributed by atoms with Crippen molar-refractivity contribution in [1.82, 2.24) is 10.3 Å². The van der Waals surface area contributed by atoms with Gasteiger partial charge in [-0.2, -0.15) is 0 Å². The van der Waals surface area contributed by atoms with Gasteiger partial charge >= 0.3 is 0 Å². The van der Waals surface area contributed by atoms with E-state index in [2.05, 4.69) is 26.2 Å². The van der Waals surface area contributed by atoms with Gasteiger partial charge in [-0.3, -0.25) is 4.79 Å². The smallest absolute Gasteiger partial charge is 0.252 e. The second-order valence-corrected chi connectivity index (χ2v) is 5.49. The molecule has 1 aliphatic carbocycles. The Morgan fingerprint density at radius 2 is 2.39 bits per heavy atom. The van der Waals surface area contributed by atoms with Crippen LogP contribution in [0.3, 0.4) is 0 Å². The van der Waals surface area contributed by atoms with Crippen molar-refractivity contribution in [2.45, 2.75) is 25.4 Å². The van der Waals surface area contributed by atoms with Gasteiger partial charge in [0, 0.05) is 17.2 Å². The molecule has 0 aromatic carbocycles. The van der Waals surface area contributed by atoms with E-state index in [0.717, 1.165) is 19.3 Å². The van der Waals surface area contributed by atoms with Crippen molar-refractivity contribution in [1.29, 1.82) is 0 Å². The van der Waals surface area contributed by atoms with Crippen LogP contribution in [0.4, 0.5) is 5.82 Å². The Bertz CT molecular complexity index is 453. The van der Waals surface area contributed by atoms with Crippen molar-refractivity contribution in [3.05, 3.63) is 22.3 Å². The quantitative estimate of drug-likeness (QED) is 0.785. The number of aliphatic hydroxyl groups excluding tert-OH is 1. The molecule has 1 saturated carbocycles. The first-order valence-electron chi connectivity index (χ1n) is 5.93. The van der Waals surface area contributed by atoms with E-state index >= 15 is 0 Å². The maximum absolute atomic E-state index is 12.0. The second-order valence-electron chi connectivity index (χ2n) is 4.63. The molecule has 0 bridgehead atoms. The van der Waals surface area contributed by atoms with Gasteiger partial charge in [-0.15, -0.1) is 0 Å². The van der Waals surface area contributed by atoms with Crippen LogP contribution in [0.5, 0.6) is 0 Å². The number of anilines is 1. The molecule has 0 radical (unpaired) electrons. The van der Waals surface area contributed by atoms with Crippen LogP contribution in [0.15, 0.2) is 16.7 Å². The van der Waals surface area contributed by atoms with Crippen LogP contribution in [-0.4, -0.2) is 28.6 Å². The van der Waals surface area contributed by atoms with Crippen molar-refractivity contribution in [3.63, 3.8) is 0 Å². The molecule has 5 nitrogen and oxygen atoms in total. The predicted octanol–water partition coefficient (Wildman–Crippen LogP) is 1.32. The maximum atomic E-state index is 12.0. The number of pyridine rings is 1. The second kappa shape index (κ2) is 5.67. The van der Waals surface area contributed by atoms with E-state index in [1.54, 1.807) is 6.07 Å². The molecule has 1 fully saturated rings. The Morgan fingerprint density at radius 1 is 1.61 bits per heavy atom. The van der Waals surface area contributed by atoms with Gasteiger partial charge in [0.2, 0.25) is 0 Å². The molecule has 6 heteroatoms. The third-order valence-corrected chi connectivity index (χ3v) is 3.82. The number of halogens is 1. The van der Waals surface area contributed by atoms with Crippen LogP contribution in [0, 0.1) is 5.92 Å². The fourth-order valence-electron chi connectivity index (χ4n) is 2.20. The predicted molar refractivity (Wildman–Crippen MR) is 72.0 cm³/mol. The number of hydrogen-bond acceptors (Lipinski definition) is 4. The SMILES string of the molecule is Nc1cc(C(=O)NCC2CCC(O)C2)c(Br)cn1. The molecule has 2 unspecified atom stereocenters. The highest BCUT2D eigenvalue weighted by atomic mass is 79.9. The number of aromatic nitrogens is 1. The number of hydrogen-bond donors (Lipinski definition) is 3. The van der Waals surface area contributed by atoms with E-state index in [-0.39, 0.29) is 12.0 Å². The zero-order chi connectivity index (χ0) is 13.1. The summed E-state index contributed by atoms with van der Waals surface area (Å²) in [6.07, 6.45) is 3.85. The fourth-order valence-corrected chi connectivity index (χ4v) is 2.59. The first-order valence-corrected chi connectivity index (χ1v) is 6.73. The minimum absolute atomic E-state index is 0.169. The molecule has 0 saturated heterocycles. The number of amides is 1. The van der Waals surface area contributed by atoms with Gasteiger partial charge in [-0.25, -0.2) is 4.98 Å². The summed E-state index contributed by atoms with van der Waals surface area (Å²) >= 11 is 3.28. The molecule has 1 aliphatic rings. The lowest BCUT2D eigenvalue weighted by Crippen LogP contribution is -2.29. The molecule has 18 heavy (non-hydrogen) atoms. The molecule has 1 amide bonds. The molecular weight excluding hydrogens is 298 g/mol. The number of nitrogens with two attached hydrogens (primary N) is 1. The lowest BCUT2D eigenvalue weighted by molar-refractivity contribution is 0.0944. The van der Waals surface area contributed by atoms with Gasteiger partial charge < -0.3 is 16.2 Å². The average molecular weight is 314 g/mol. The number of rotatable bonds is 3. The summed E-state index contributed by atoms with van der Waals surface area (Å²) in [6.45, 7) is 0.588. The molecule has 1 aromatic heterocycles. The molecule has 2 atom stereocenters. The Morgan fingerprint density at radius 3 is 3.06 bits per heavy atom. The number of nitrogens with zero attached hydrogens (tertiary/aromatic N) is 1. The lowest BCUT2D eigenvalue weighted by atomic mass is 10.1. The highest BCUT2D eigenvalue weighted by molar-refractivity contribution is 9.10. The largest absolute Gasteiger partial charge is 0.393 e. The Kier molecular flexibility index (Phi) is 4.19. The van der Waals surface area contributed by atoms with Crippen molar-refractivity contribution >= 4 is 27.7 Å². The monoisotopic (exact) mass is 313 g/mol. The first kappa shape index (κ1) is 13.3. The standard InChI is InChI=1S/C12H16BrN3O2/c13-10-6-15-11(14)4-9(10)12(18)16-5-7-1-2-8(17)3-7/h4,6-8,17H,1-3,5H2,(H2,14,15)(H,16,18). The summed E-state index contributed by atoms with van der Waals surface area (Å²) < 4.78 is 0.626. The number of nitrogens with one attached hydrogen (secondary N) is 1. The van der Waals surface area contributed by atoms with Gasteiger partial charge in [-0.05, 0) is 47.2 Å². The lowest BCUT2D eigenvalue weighted by Gasteiger charge is -2.11. The summed E-state index contributed by atoms with van der Waals surface area (Å²) in [6, 6.07) is 1.54. The minimum atomic E-state index is -0.213. The Hall–Kier alpha value is -1.14. The summed E-state index contributed by atoms with van der Waals surface area (Å²) in [7, 11) is 0. The van der Waals surface area contributed by atoms with Gasteiger partial charge in [0.25, 0.3) is 5.91 Å². The van der Waals surface area contributed by atoms with Crippen LogP contribution < -0.4 is 11.1 Å². The van der Waals surface area contributed by atoms with Crippen LogP contribution in [0.2, 0.25) is 0 Å². The Balaban J connectivity index is 1.93. The number of aliphatic hydroxyl groups is 1. The van der Waals surface area contributed by atoms with Crippen molar-refractivity contribution in [2.75, 3.05) is 12.3 Å².